The van der Waals surface area contributed by atoms with Crippen LogP contribution in [0.4, 0.5) is 4.39 Å². The highest BCUT2D eigenvalue weighted by molar-refractivity contribution is 5.99. The van der Waals surface area contributed by atoms with E-state index in [9.17, 15) is 14.0 Å². The molecule has 1 aromatic carbocycles. The average Bonchev–Trinajstić information content (AvgIpc) is 2.90. The van der Waals surface area contributed by atoms with Crippen LogP contribution >= 0.6 is 0 Å². The van der Waals surface area contributed by atoms with E-state index in [0.29, 0.717) is 29.6 Å². The summed E-state index contributed by atoms with van der Waals surface area (Å²) >= 11 is 0. The summed E-state index contributed by atoms with van der Waals surface area (Å²) in [4.78, 5) is 27.7. The van der Waals surface area contributed by atoms with E-state index in [4.69, 9.17) is 4.42 Å². The van der Waals surface area contributed by atoms with Crippen LogP contribution in [0.15, 0.2) is 22.6 Å². The van der Waals surface area contributed by atoms with Crippen molar-refractivity contribution in [2.75, 3.05) is 20.1 Å². The number of benzene rings is 1. The molecule has 1 aliphatic rings. The Morgan fingerprint density at radius 1 is 1.29 bits per heavy atom. The van der Waals surface area contributed by atoms with Crippen LogP contribution in [-0.4, -0.2) is 47.8 Å². The molecule has 5 nitrogen and oxygen atoms in total. The first-order chi connectivity index (χ1) is 11.4. The maximum Gasteiger partial charge on any atom is 0.289 e. The number of aryl methyl sites for hydroxylation is 1. The Hall–Kier alpha value is -2.37. The molecule has 0 aliphatic carbocycles. The highest BCUT2D eigenvalue weighted by Crippen LogP contribution is 2.28. The summed E-state index contributed by atoms with van der Waals surface area (Å²) in [6, 6.07) is 4.42. The lowest BCUT2D eigenvalue weighted by Crippen LogP contribution is -2.46. The number of carbonyl (C=O) groups is 2. The van der Waals surface area contributed by atoms with Crippen LogP contribution in [0, 0.1) is 12.7 Å². The molecular formula is C18H21FN2O3. The number of amides is 2. The van der Waals surface area contributed by atoms with Gasteiger partial charge in [-0.2, -0.15) is 0 Å². The van der Waals surface area contributed by atoms with Crippen molar-refractivity contribution in [2.45, 2.75) is 32.7 Å². The molecule has 1 fully saturated rings. The lowest BCUT2D eigenvalue weighted by atomic mass is 10.0. The van der Waals surface area contributed by atoms with Gasteiger partial charge < -0.3 is 14.2 Å². The number of hydrogen-bond donors (Lipinski definition) is 0. The molecule has 6 heteroatoms. The number of furan rings is 1. The van der Waals surface area contributed by atoms with Gasteiger partial charge in [-0.15, -0.1) is 0 Å². The molecule has 0 bridgehead atoms. The molecule has 0 radical (unpaired) electrons. The quantitative estimate of drug-likeness (QED) is 0.849. The van der Waals surface area contributed by atoms with Crippen molar-refractivity contribution in [3.63, 3.8) is 0 Å². The first-order valence-corrected chi connectivity index (χ1v) is 8.10. The van der Waals surface area contributed by atoms with E-state index < -0.39 is 0 Å². The molecule has 2 heterocycles. The Labute approximate surface area is 140 Å². The molecule has 128 valence electrons. The second-order valence-corrected chi connectivity index (χ2v) is 6.35. The van der Waals surface area contributed by atoms with Crippen LogP contribution < -0.4 is 0 Å². The standard InChI is InChI=1S/C18H21FN2O3/c1-11-15-10-13(19)4-5-16(15)24-17(11)18(23)21-8-6-14(7-9-21)20(3)12(2)22/h4-5,10,14H,6-9H2,1-3H3. The maximum atomic E-state index is 13.4. The number of piperidine rings is 1. The molecule has 3 rings (SSSR count). The van der Waals surface area contributed by atoms with Crippen LogP contribution in [0.25, 0.3) is 11.0 Å². The number of likely N-dealkylation sites (tertiary alicyclic amines) is 1. The lowest BCUT2D eigenvalue weighted by Gasteiger charge is -2.36. The summed E-state index contributed by atoms with van der Waals surface area (Å²) in [7, 11) is 1.79. The monoisotopic (exact) mass is 332 g/mol. The largest absolute Gasteiger partial charge is 0.451 e. The van der Waals surface area contributed by atoms with Gasteiger partial charge in [-0.1, -0.05) is 0 Å². The van der Waals surface area contributed by atoms with Crippen molar-refractivity contribution in [1.29, 1.82) is 0 Å². The summed E-state index contributed by atoms with van der Waals surface area (Å²) in [5.41, 5.74) is 1.18. The Morgan fingerprint density at radius 2 is 1.96 bits per heavy atom. The zero-order chi connectivity index (χ0) is 17.4. The Bertz CT molecular complexity index is 791. The van der Waals surface area contributed by atoms with E-state index >= 15 is 0 Å². The summed E-state index contributed by atoms with van der Waals surface area (Å²) in [5, 5.41) is 0.629. The molecular weight excluding hydrogens is 311 g/mol. The smallest absolute Gasteiger partial charge is 0.289 e. The molecule has 0 spiro atoms. The highest BCUT2D eigenvalue weighted by Gasteiger charge is 2.29. The molecule has 1 aromatic heterocycles. The van der Waals surface area contributed by atoms with Gasteiger partial charge in [0.1, 0.15) is 11.4 Å². The minimum atomic E-state index is -0.349. The molecule has 24 heavy (non-hydrogen) atoms. The molecule has 1 saturated heterocycles. The molecule has 0 atom stereocenters. The Balaban J connectivity index is 1.76. The van der Waals surface area contributed by atoms with Crippen LogP contribution in [0.3, 0.4) is 0 Å². The van der Waals surface area contributed by atoms with Crippen molar-refractivity contribution >= 4 is 22.8 Å². The van der Waals surface area contributed by atoms with Crippen molar-refractivity contribution in [1.82, 2.24) is 9.80 Å². The molecule has 1 aliphatic heterocycles. The van der Waals surface area contributed by atoms with Gasteiger partial charge in [0, 0.05) is 44.1 Å². The van der Waals surface area contributed by atoms with Gasteiger partial charge in [-0.25, -0.2) is 4.39 Å². The fraction of sp³-hybridized carbons (Fsp3) is 0.444. The van der Waals surface area contributed by atoms with Crippen LogP contribution in [-0.2, 0) is 4.79 Å². The van der Waals surface area contributed by atoms with E-state index in [1.807, 2.05) is 0 Å². The average molecular weight is 332 g/mol. The van der Waals surface area contributed by atoms with Gasteiger partial charge in [-0.3, -0.25) is 9.59 Å². The number of fused-ring (bicyclic) bond motifs is 1. The third kappa shape index (κ3) is 2.88. The lowest BCUT2D eigenvalue weighted by molar-refractivity contribution is -0.130. The number of hydrogen-bond acceptors (Lipinski definition) is 3. The topological polar surface area (TPSA) is 53.8 Å². The van der Waals surface area contributed by atoms with Crippen LogP contribution in [0.1, 0.15) is 35.9 Å². The Kier molecular flexibility index (Phi) is 4.30. The summed E-state index contributed by atoms with van der Waals surface area (Å²) in [6.45, 7) is 4.47. The van der Waals surface area contributed by atoms with Crippen LogP contribution in [0.5, 0.6) is 0 Å². The number of rotatable bonds is 2. The molecule has 0 N–H and O–H groups in total. The molecule has 2 amide bonds. The molecule has 0 unspecified atom stereocenters. The predicted octanol–water partition coefficient (Wildman–Crippen LogP) is 2.96. The predicted molar refractivity (Wildman–Crippen MR) is 88.3 cm³/mol. The van der Waals surface area contributed by atoms with E-state index in [-0.39, 0.29) is 29.4 Å². The summed E-state index contributed by atoms with van der Waals surface area (Å²) in [5.74, 6) is -0.213. The second kappa shape index (κ2) is 6.26. The SMILES string of the molecule is CC(=O)N(C)C1CCN(C(=O)c2oc3ccc(F)cc3c2C)CC1. The highest BCUT2D eigenvalue weighted by atomic mass is 19.1. The van der Waals surface area contributed by atoms with Gasteiger partial charge >= 0.3 is 0 Å². The third-order valence-corrected chi connectivity index (χ3v) is 4.89. The number of halogens is 1. The molecule has 2 aromatic rings. The number of nitrogens with zero attached hydrogens (tertiary/aromatic N) is 2. The van der Waals surface area contributed by atoms with E-state index in [0.717, 1.165) is 12.8 Å². The van der Waals surface area contributed by atoms with Gasteiger partial charge in [-0.05, 0) is 38.0 Å². The van der Waals surface area contributed by atoms with Crippen molar-refractivity contribution in [2.24, 2.45) is 0 Å². The maximum absolute atomic E-state index is 13.4. The first kappa shape index (κ1) is 16.5. The number of carbonyl (C=O) groups excluding carboxylic acids is 2. The third-order valence-electron chi connectivity index (χ3n) is 4.89. The van der Waals surface area contributed by atoms with Crippen molar-refractivity contribution < 1.29 is 18.4 Å². The van der Waals surface area contributed by atoms with Gasteiger partial charge in [0.05, 0.1) is 0 Å². The second-order valence-electron chi connectivity index (χ2n) is 6.35. The summed E-state index contributed by atoms with van der Waals surface area (Å²) in [6.07, 6.45) is 1.49. The minimum absolute atomic E-state index is 0.0370. The fourth-order valence-corrected chi connectivity index (χ4v) is 3.25. The zero-order valence-electron chi connectivity index (χ0n) is 14.1. The van der Waals surface area contributed by atoms with Crippen molar-refractivity contribution in [3.8, 4) is 0 Å². The summed E-state index contributed by atoms with van der Waals surface area (Å²) < 4.78 is 19.1. The van der Waals surface area contributed by atoms with Crippen LogP contribution in [0.2, 0.25) is 0 Å². The van der Waals surface area contributed by atoms with Gasteiger partial charge in [0.25, 0.3) is 5.91 Å². The molecule has 0 saturated carbocycles. The normalized spacial score (nSPS) is 15.8. The van der Waals surface area contributed by atoms with E-state index in [2.05, 4.69) is 0 Å². The first-order valence-electron chi connectivity index (χ1n) is 8.10. The minimum Gasteiger partial charge on any atom is -0.451 e. The van der Waals surface area contributed by atoms with E-state index in [1.54, 1.807) is 36.8 Å². The Morgan fingerprint density at radius 3 is 2.58 bits per heavy atom. The van der Waals surface area contributed by atoms with Gasteiger partial charge in [0.15, 0.2) is 5.76 Å². The fourth-order valence-electron chi connectivity index (χ4n) is 3.25. The van der Waals surface area contributed by atoms with Gasteiger partial charge in [0.2, 0.25) is 5.91 Å². The van der Waals surface area contributed by atoms with Crippen molar-refractivity contribution in [3.05, 3.63) is 35.3 Å². The zero-order valence-corrected chi connectivity index (χ0v) is 14.1. The van der Waals surface area contributed by atoms with E-state index in [1.165, 1.54) is 12.1 Å².